The number of methoxy groups -OCH3 is 1. The van der Waals surface area contributed by atoms with Gasteiger partial charge in [0.05, 0.1) is 18.0 Å². The number of thioether (sulfide) groups is 1. The van der Waals surface area contributed by atoms with Gasteiger partial charge in [-0.1, -0.05) is 36.0 Å². The van der Waals surface area contributed by atoms with Crippen molar-refractivity contribution in [3.8, 4) is 11.4 Å². The molecular weight excluding hydrogens is 398 g/mol. The Balaban J connectivity index is 1.70. The molecule has 0 aliphatic heterocycles. The predicted octanol–water partition coefficient (Wildman–Crippen LogP) is 3.65. The highest BCUT2D eigenvalue weighted by Crippen LogP contribution is 2.22. The molecule has 7 heteroatoms. The lowest BCUT2D eigenvalue weighted by atomic mass is 10.1. The largest absolute Gasteiger partial charge is 0.496 e. The zero-order valence-corrected chi connectivity index (χ0v) is 18.3. The summed E-state index contributed by atoms with van der Waals surface area (Å²) in [5.74, 6) is 0.622. The van der Waals surface area contributed by atoms with Gasteiger partial charge in [0.1, 0.15) is 10.8 Å². The Bertz CT molecular complexity index is 1110. The smallest absolute Gasteiger partial charge is 0.271 e. The van der Waals surface area contributed by atoms with Crippen LogP contribution in [0.25, 0.3) is 5.69 Å². The third kappa shape index (κ3) is 5.10. The lowest BCUT2D eigenvalue weighted by Crippen LogP contribution is -2.31. The number of nitrogens with one attached hydrogen (secondary N) is 1. The molecule has 0 radical (unpaired) electrons. The van der Waals surface area contributed by atoms with Gasteiger partial charge in [-0.25, -0.2) is 0 Å². The van der Waals surface area contributed by atoms with Crippen LogP contribution in [0.3, 0.4) is 0 Å². The summed E-state index contributed by atoms with van der Waals surface area (Å²) >= 11 is 1.31. The van der Waals surface area contributed by atoms with E-state index in [-0.39, 0.29) is 16.7 Å². The molecule has 1 heterocycles. The minimum Gasteiger partial charge on any atom is -0.496 e. The summed E-state index contributed by atoms with van der Waals surface area (Å²) in [4.78, 5) is 24.9. The summed E-state index contributed by atoms with van der Waals surface area (Å²) in [6, 6.07) is 16.5. The van der Waals surface area contributed by atoms with E-state index in [9.17, 15) is 9.59 Å². The third-order valence-corrected chi connectivity index (χ3v) is 5.85. The number of nitrogens with zero attached hydrogens (tertiary/aromatic N) is 2. The van der Waals surface area contributed by atoms with Crippen molar-refractivity contribution >= 4 is 17.7 Å². The average molecular weight is 424 g/mol. The van der Waals surface area contributed by atoms with Crippen molar-refractivity contribution in [2.24, 2.45) is 0 Å². The summed E-state index contributed by atoms with van der Waals surface area (Å²) in [5.41, 5.74) is 3.64. The first-order valence-electron chi connectivity index (χ1n) is 9.63. The van der Waals surface area contributed by atoms with Gasteiger partial charge in [0, 0.05) is 18.2 Å². The first kappa shape index (κ1) is 21.6. The molecule has 6 nitrogen and oxygen atoms in total. The van der Waals surface area contributed by atoms with Crippen molar-refractivity contribution in [1.82, 2.24) is 15.1 Å². The lowest BCUT2D eigenvalue weighted by Gasteiger charge is -2.14. The van der Waals surface area contributed by atoms with E-state index in [0.717, 1.165) is 22.4 Å². The SMILES string of the molecule is COc1ccccc1CNC(=O)C(C)Sc1ccc(=O)n(-c2ccc(C)c(C)c2)n1. The molecule has 30 heavy (non-hydrogen) atoms. The van der Waals surface area contributed by atoms with Crippen LogP contribution < -0.4 is 15.6 Å². The molecule has 0 bridgehead atoms. The Labute approximate surface area is 180 Å². The van der Waals surface area contributed by atoms with Crippen LogP contribution in [-0.4, -0.2) is 28.0 Å². The number of aromatic nitrogens is 2. The Kier molecular flexibility index (Phi) is 6.95. The van der Waals surface area contributed by atoms with Crippen molar-refractivity contribution in [3.05, 3.63) is 81.6 Å². The number of carbonyl (C=O) groups is 1. The van der Waals surface area contributed by atoms with Gasteiger partial charge in [0.15, 0.2) is 0 Å². The number of hydrogen-bond donors (Lipinski definition) is 1. The van der Waals surface area contributed by atoms with E-state index in [4.69, 9.17) is 4.74 Å². The van der Waals surface area contributed by atoms with Crippen LogP contribution in [0.1, 0.15) is 23.6 Å². The fraction of sp³-hybridized carbons (Fsp3) is 0.261. The molecule has 1 unspecified atom stereocenters. The van der Waals surface area contributed by atoms with E-state index in [2.05, 4.69) is 10.4 Å². The van der Waals surface area contributed by atoms with Crippen molar-refractivity contribution < 1.29 is 9.53 Å². The van der Waals surface area contributed by atoms with Gasteiger partial charge < -0.3 is 10.1 Å². The Hall–Kier alpha value is -3.06. The maximum absolute atomic E-state index is 12.6. The summed E-state index contributed by atoms with van der Waals surface area (Å²) in [7, 11) is 1.61. The van der Waals surface area contributed by atoms with E-state index in [1.54, 1.807) is 13.2 Å². The fourth-order valence-electron chi connectivity index (χ4n) is 2.91. The van der Waals surface area contributed by atoms with Gasteiger partial charge in [-0.2, -0.15) is 9.78 Å². The van der Waals surface area contributed by atoms with Gasteiger partial charge in [0.25, 0.3) is 5.56 Å². The number of para-hydroxylation sites is 1. The number of amides is 1. The van der Waals surface area contributed by atoms with Crippen LogP contribution >= 0.6 is 11.8 Å². The van der Waals surface area contributed by atoms with Gasteiger partial charge in [-0.15, -0.1) is 0 Å². The predicted molar refractivity (Wildman–Crippen MR) is 119 cm³/mol. The molecule has 3 rings (SSSR count). The fourth-order valence-corrected chi connectivity index (χ4v) is 3.74. The maximum atomic E-state index is 12.6. The summed E-state index contributed by atoms with van der Waals surface area (Å²) < 4.78 is 6.69. The zero-order valence-electron chi connectivity index (χ0n) is 17.5. The number of carbonyl (C=O) groups excluding carboxylic acids is 1. The monoisotopic (exact) mass is 423 g/mol. The molecule has 0 aliphatic rings. The highest BCUT2D eigenvalue weighted by atomic mass is 32.2. The molecule has 3 aromatic rings. The second-order valence-electron chi connectivity index (χ2n) is 6.98. The molecule has 2 aromatic carbocycles. The highest BCUT2D eigenvalue weighted by Gasteiger charge is 2.16. The molecule has 1 atom stereocenters. The Morgan fingerprint density at radius 2 is 1.90 bits per heavy atom. The average Bonchev–Trinajstić information content (AvgIpc) is 2.75. The van der Waals surface area contributed by atoms with Crippen molar-refractivity contribution in [2.45, 2.75) is 37.6 Å². The maximum Gasteiger partial charge on any atom is 0.271 e. The summed E-state index contributed by atoms with van der Waals surface area (Å²) in [6.07, 6.45) is 0. The Morgan fingerprint density at radius 3 is 2.63 bits per heavy atom. The standard InChI is InChI=1S/C23H25N3O3S/c1-15-9-10-19(13-16(15)2)26-22(27)12-11-21(25-26)30-17(3)23(28)24-14-18-7-5-6-8-20(18)29-4/h5-13,17H,14H2,1-4H3,(H,24,28). The molecule has 0 aliphatic carbocycles. The van der Waals surface area contributed by atoms with Crippen LogP contribution in [0.4, 0.5) is 0 Å². The van der Waals surface area contributed by atoms with E-state index < -0.39 is 0 Å². The summed E-state index contributed by atoms with van der Waals surface area (Å²) in [5, 5.41) is 7.60. The minimum absolute atomic E-state index is 0.114. The molecule has 1 aromatic heterocycles. The van der Waals surface area contributed by atoms with Crippen molar-refractivity contribution in [3.63, 3.8) is 0 Å². The van der Waals surface area contributed by atoms with E-state index in [1.165, 1.54) is 22.5 Å². The molecule has 0 fully saturated rings. The number of rotatable bonds is 7. The Morgan fingerprint density at radius 1 is 1.13 bits per heavy atom. The molecular formula is C23H25N3O3S. The molecule has 156 valence electrons. The quantitative estimate of drug-likeness (QED) is 0.587. The van der Waals surface area contributed by atoms with Gasteiger partial charge in [-0.05, 0) is 56.2 Å². The normalized spacial score (nSPS) is 11.7. The number of hydrogen-bond acceptors (Lipinski definition) is 5. The van der Waals surface area contributed by atoms with E-state index >= 15 is 0 Å². The second-order valence-corrected chi connectivity index (χ2v) is 8.34. The van der Waals surface area contributed by atoms with Gasteiger partial charge in [0.2, 0.25) is 5.91 Å². The van der Waals surface area contributed by atoms with Crippen molar-refractivity contribution in [1.29, 1.82) is 0 Å². The summed E-state index contributed by atoms with van der Waals surface area (Å²) in [6.45, 7) is 6.21. The van der Waals surface area contributed by atoms with Crippen molar-refractivity contribution in [2.75, 3.05) is 7.11 Å². The zero-order chi connectivity index (χ0) is 21.7. The van der Waals surface area contributed by atoms with Gasteiger partial charge >= 0.3 is 0 Å². The minimum atomic E-state index is -0.377. The van der Waals surface area contributed by atoms with Crippen LogP contribution in [0.5, 0.6) is 5.75 Å². The molecule has 0 saturated heterocycles. The van der Waals surface area contributed by atoms with Gasteiger partial charge in [-0.3, -0.25) is 9.59 Å². The van der Waals surface area contributed by atoms with Crippen LogP contribution in [0.2, 0.25) is 0 Å². The highest BCUT2D eigenvalue weighted by molar-refractivity contribution is 8.00. The van der Waals surface area contributed by atoms with E-state index in [1.807, 2.05) is 63.2 Å². The number of aryl methyl sites for hydroxylation is 2. The molecule has 0 saturated carbocycles. The number of ether oxygens (including phenoxy) is 1. The first-order chi connectivity index (χ1) is 14.4. The van der Waals surface area contributed by atoms with Crippen LogP contribution in [-0.2, 0) is 11.3 Å². The molecule has 1 N–H and O–H groups in total. The third-order valence-electron chi connectivity index (χ3n) is 4.82. The molecule has 1 amide bonds. The second kappa shape index (κ2) is 9.63. The number of benzene rings is 2. The first-order valence-corrected chi connectivity index (χ1v) is 10.5. The topological polar surface area (TPSA) is 73.2 Å². The van der Waals surface area contributed by atoms with E-state index in [0.29, 0.717) is 17.3 Å². The lowest BCUT2D eigenvalue weighted by molar-refractivity contribution is -0.120. The van der Waals surface area contributed by atoms with Crippen LogP contribution in [0.15, 0.2) is 64.4 Å². The van der Waals surface area contributed by atoms with Crippen LogP contribution in [0, 0.1) is 13.8 Å². The molecule has 0 spiro atoms.